The summed E-state index contributed by atoms with van der Waals surface area (Å²) in [6.45, 7) is 1.68. The van der Waals surface area contributed by atoms with E-state index in [1.54, 1.807) is 24.7 Å². The zero-order chi connectivity index (χ0) is 12.4. The molecule has 0 radical (unpaired) electrons. The minimum Gasteiger partial charge on any atom is -0.326 e. The minimum absolute atomic E-state index is 0.194. The Morgan fingerprint density at radius 3 is 3.06 bits per heavy atom. The van der Waals surface area contributed by atoms with Gasteiger partial charge in [0.15, 0.2) is 0 Å². The monoisotopic (exact) mass is 228 g/mol. The lowest BCUT2D eigenvalue weighted by atomic mass is 10.2. The SMILES string of the molecule is CC(C#N)N(C)C(=O)c1cnn2ccccc12. The van der Waals surface area contributed by atoms with Crippen LogP contribution < -0.4 is 0 Å². The largest absolute Gasteiger partial charge is 0.326 e. The Morgan fingerprint density at radius 1 is 1.59 bits per heavy atom. The second-order valence-corrected chi connectivity index (χ2v) is 3.81. The molecule has 0 bridgehead atoms. The van der Waals surface area contributed by atoms with Crippen molar-refractivity contribution < 1.29 is 4.79 Å². The standard InChI is InChI=1S/C12H12N4O/c1-9(7-13)15(2)12(17)10-8-14-16-6-4-3-5-11(10)16/h3-6,8-9H,1-2H3. The molecule has 86 valence electrons. The predicted octanol–water partition coefficient (Wildman–Crippen LogP) is 1.32. The number of aromatic nitrogens is 2. The van der Waals surface area contributed by atoms with E-state index in [1.807, 2.05) is 24.3 Å². The van der Waals surface area contributed by atoms with Crippen molar-refractivity contribution in [2.75, 3.05) is 7.05 Å². The fourth-order valence-corrected chi connectivity index (χ4v) is 1.55. The van der Waals surface area contributed by atoms with Crippen LogP contribution in [0.15, 0.2) is 30.6 Å². The van der Waals surface area contributed by atoms with Crippen LogP contribution in [-0.2, 0) is 0 Å². The number of carbonyl (C=O) groups excluding carboxylic acids is 1. The van der Waals surface area contributed by atoms with Crippen molar-refractivity contribution in [3.8, 4) is 6.07 Å². The van der Waals surface area contributed by atoms with Crippen LogP contribution in [0.2, 0.25) is 0 Å². The molecule has 0 aliphatic rings. The van der Waals surface area contributed by atoms with E-state index in [4.69, 9.17) is 5.26 Å². The van der Waals surface area contributed by atoms with Gasteiger partial charge in [0.05, 0.1) is 23.3 Å². The first-order valence-corrected chi connectivity index (χ1v) is 5.24. The van der Waals surface area contributed by atoms with Crippen LogP contribution in [0.4, 0.5) is 0 Å². The molecule has 0 saturated carbocycles. The van der Waals surface area contributed by atoms with E-state index in [-0.39, 0.29) is 5.91 Å². The highest BCUT2D eigenvalue weighted by atomic mass is 16.2. The van der Waals surface area contributed by atoms with Gasteiger partial charge in [-0.3, -0.25) is 4.79 Å². The van der Waals surface area contributed by atoms with Gasteiger partial charge < -0.3 is 4.90 Å². The number of fused-ring (bicyclic) bond motifs is 1. The molecule has 5 heteroatoms. The Labute approximate surface area is 98.9 Å². The molecule has 2 heterocycles. The second kappa shape index (κ2) is 4.26. The number of amides is 1. The van der Waals surface area contributed by atoms with Gasteiger partial charge in [0, 0.05) is 13.2 Å². The summed E-state index contributed by atoms with van der Waals surface area (Å²) < 4.78 is 1.64. The van der Waals surface area contributed by atoms with E-state index >= 15 is 0 Å². The molecular weight excluding hydrogens is 216 g/mol. The molecule has 1 unspecified atom stereocenters. The van der Waals surface area contributed by atoms with Crippen LogP contribution in [0.5, 0.6) is 0 Å². The first kappa shape index (κ1) is 11.1. The smallest absolute Gasteiger partial charge is 0.258 e. The number of nitrogens with zero attached hydrogens (tertiary/aromatic N) is 4. The van der Waals surface area contributed by atoms with Gasteiger partial charge in [-0.1, -0.05) is 6.07 Å². The highest BCUT2D eigenvalue weighted by Gasteiger charge is 2.20. The van der Waals surface area contributed by atoms with E-state index in [0.717, 1.165) is 5.52 Å². The zero-order valence-corrected chi connectivity index (χ0v) is 9.66. The average Bonchev–Trinajstić information content (AvgIpc) is 2.79. The van der Waals surface area contributed by atoms with Gasteiger partial charge in [-0.05, 0) is 19.1 Å². The number of hydrogen-bond donors (Lipinski definition) is 0. The number of carbonyl (C=O) groups is 1. The minimum atomic E-state index is -0.457. The topological polar surface area (TPSA) is 61.4 Å². The molecule has 0 aliphatic heterocycles. The zero-order valence-electron chi connectivity index (χ0n) is 9.66. The first-order chi connectivity index (χ1) is 8.15. The lowest BCUT2D eigenvalue weighted by Crippen LogP contribution is -2.33. The summed E-state index contributed by atoms with van der Waals surface area (Å²) in [5, 5.41) is 12.9. The summed E-state index contributed by atoms with van der Waals surface area (Å²) in [7, 11) is 1.61. The highest BCUT2D eigenvalue weighted by molar-refractivity contribution is 6.00. The average molecular weight is 228 g/mol. The number of hydrogen-bond acceptors (Lipinski definition) is 3. The summed E-state index contributed by atoms with van der Waals surface area (Å²) >= 11 is 0. The molecule has 0 spiro atoms. The summed E-state index contributed by atoms with van der Waals surface area (Å²) in [4.78, 5) is 13.5. The van der Waals surface area contributed by atoms with E-state index in [0.29, 0.717) is 5.56 Å². The maximum absolute atomic E-state index is 12.1. The van der Waals surface area contributed by atoms with Gasteiger partial charge in [-0.2, -0.15) is 10.4 Å². The van der Waals surface area contributed by atoms with Crippen molar-refractivity contribution in [3.05, 3.63) is 36.2 Å². The van der Waals surface area contributed by atoms with Gasteiger partial charge in [-0.25, -0.2) is 4.52 Å². The lowest BCUT2D eigenvalue weighted by Gasteiger charge is -2.18. The fourth-order valence-electron chi connectivity index (χ4n) is 1.55. The third-order valence-electron chi connectivity index (χ3n) is 2.75. The maximum Gasteiger partial charge on any atom is 0.258 e. The number of pyridine rings is 1. The summed E-state index contributed by atoms with van der Waals surface area (Å²) in [6.07, 6.45) is 3.30. The predicted molar refractivity (Wildman–Crippen MR) is 62.4 cm³/mol. The normalized spacial score (nSPS) is 12.1. The highest BCUT2D eigenvalue weighted by Crippen LogP contribution is 2.13. The van der Waals surface area contributed by atoms with Gasteiger partial charge in [0.1, 0.15) is 6.04 Å². The fraction of sp³-hybridized carbons (Fsp3) is 0.250. The second-order valence-electron chi connectivity index (χ2n) is 3.81. The van der Waals surface area contributed by atoms with E-state index in [2.05, 4.69) is 5.10 Å². The molecule has 0 aromatic carbocycles. The molecule has 0 saturated heterocycles. The molecule has 1 amide bonds. The molecular formula is C12H12N4O. The van der Waals surface area contributed by atoms with E-state index in [1.165, 1.54) is 11.1 Å². The van der Waals surface area contributed by atoms with Crippen molar-refractivity contribution in [2.45, 2.75) is 13.0 Å². The van der Waals surface area contributed by atoms with Crippen LogP contribution in [0.1, 0.15) is 17.3 Å². The molecule has 1 atom stereocenters. The Kier molecular flexibility index (Phi) is 2.79. The third-order valence-corrected chi connectivity index (χ3v) is 2.75. The molecule has 0 N–H and O–H groups in total. The Morgan fingerprint density at radius 2 is 2.35 bits per heavy atom. The number of nitriles is 1. The molecule has 5 nitrogen and oxygen atoms in total. The molecule has 0 fully saturated rings. The summed E-state index contributed by atoms with van der Waals surface area (Å²) in [6, 6.07) is 7.09. The van der Waals surface area contributed by atoms with Gasteiger partial charge in [0.2, 0.25) is 0 Å². The third kappa shape index (κ3) is 1.85. The van der Waals surface area contributed by atoms with Crippen molar-refractivity contribution in [3.63, 3.8) is 0 Å². The molecule has 2 aromatic heterocycles. The quantitative estimate of drug-likeness (QED) is 0.778. The molecule has 17 heavy (non-hydrogen) atoms. The lowest BCUT2D eigenvalue weighted by molar-refractivity contribution is 0.0775. The van der Waals surface area contributed by atoms with Crippen molar-refractivity contribution in [1.82, 2.24) is 14.5 Å². The maximum atomic E-state index is 12.1. The van der Waals surface area contributed by atoms with Gasteiger partial charge >= 0.3 is 0 Å². The Balaban J connectivity index is 2.41. The first-order valence-electron chi connectivity index (χ1n) is 5.24. The van der Waals surface area contributed by atoms with E-state index in [9.17, 15) is 4.79 Å². The number of rotatable bonds is 2. The van der Waals surface area contributed by atoms with Gasteiger partial charge in [0.25, 0.3) is 5.91 Å². The summed E-state index contributed by atoms with van der Waals surface area (Å²) in [5.41, 5.74) is 1.25. The summed E-state index contributed by atoms with van der Waals surface area (Å²) in [5.74, 6) is -0.194. The van der Waals surface area contributed by atoms with Gasteiger partial charge in [-0.15, -0.1) is 0 Å². The van der Waals surface area contributed by atoms with E-state index < -0.39 is 6.04 Å². The molecule has 2 aromatic rings. The van der Waals surface area contributed by atoms with Crippen LogP contribution in [0.25, 0.3) is 5.52 Å². The van der Waals surface area contributed by atoms with Crippen LogP contribution in [-0.4, -0.2) is 33.5 Å². The van der Waals surface area contributed by atoms with Crippen LogP contribution in [0, 0.1) is 11.3 Å². The van der Waals surface area contributed by atoms with Crippen molar-refractivity contribution in [2.24, 2.45) is 0 Å². The van der Waals surface area contributed by atoms with Crippen LogP contribution >= 0.6 is 0 Å². The Hall–Kier alpha value is -2.35. The Bertz CT molecular complexity index is 596. The molecule has 0 aliphatic carbocycles. The van der Waals surface area contributed by atoms with Crippen molar-refractivity contribution in [1.29, 1.82) is 5.26 Å². The molecule has 2 rings (SSSR count). The van der Waals surface area contributed by atoms with Crippen LogP contribution in [0.3, 0.4) is 0 Å². The van der Waals surface area contributed by atoms with Crippen molar-refractivity contribution >= 4 is 11.4 Å².